The van der Waals surface area contributed by atoms with Crippen LogP contribution in [-0.2, 0) is 6.54 Å². The molecule has 0 radical (unpaired) electrons. The molecule has 0 saturated heterocycles. The third kappa shape index (κ3) is 4.26. The Kier molecular flexibility index (Phi) is 5.69. The maximum atomic E-state index is 5.83. The first-order chi connectivity index (χ1) is 10.2. The highest BCUT2D eigenvalue weighted by atomic mass is 16.5. The largest absolute Gasteiger partial charge is 0.490 e. The summed E-state index contributed by atoms with van der Waals surface area (Å²) in [6.45, 7) is 6.20. The Labute approximate surface area is 126 Å². The first kappa shape index (κ1) is 15.4. The van der Waals surface area contributed by atoms with Gasteiger partial charge in [0.1, 0.15) is 6.61 Å². The molecular formula is C17H24N2O2. The van der Waals surface area contributed by atoms with Crippen LogP contribution >= 0.6 is 0 Å². The zero-order valence-electron chi connectivity index (χ0n) is 13.0. The van der Waals surface area contributed by atoms with Gasteiger partial charge in [-0.15, -0.1) is 0 Å². The van der Waals surface area contributed by atoms with Gasteiger partial charge < -0.3 is 19.4 Å². The predicted octanol–water partition coefficient (Wildman–Crippen LogP) is 3.25. The molecule has 21 heavy (non-hydrogen) atoms. The van der Waals surface area contributed by atoms with E-state index in [4.69, 9.17) is 9.47 Å². The van der Waals surface area contributed by atoms with Gasteiger partial charge >= 0.3 is 0 Å². The summed E-state index contributed by atoms with van der Waals surface area (Å²) in [5.74, 6) is 1.60. The van der Waals surface area contributed by atoms with E-state index in [0.717, 1.165) is 18.0 Å². The molecule has 0 amide bonds. The van der Waals surface area contributed by atoms with Crippen molar-refractivity contribution in [3.8, 4) is 11.5 Å². The minimum absolute atomic E-state index is 0.367. The van der Waals surface area contributed by atoms with E-state index in [0.29, 0.717) is 19.3 Å². The maximum absolute atomic E-state index is 5.83. The van der Waals surface area contributed by atoms with Crippen molar-refractivity contribution in [2.45, 2.75) is 26.4 Å². The van der Waals surface area contributed by atoms with Crippen molar-refractivity contribution in [2.75, 3.05) is 20.3 Å². The lowest BCUT2D eigenvalue weighted by Gasteiger charge is -2.12. The van der Waals surface area contributed by atoms with Crippen LogP contribution in [0, 0.1) is 0 Å². The Balaban J connectivity index is 1.88. The molecule has 0 aliphatic carbocycles. The number of nitrogens with zero attached hydrogens (tertiary/aromatic N) is 1. The smallest absolute Gasteiger partial charge is 0.161 e. The van der Waals surface area contributed by atoms with E-state index in [2.05, 4.69) is 35.3 Å². The second kappa shape index (κ2) is 7.74. The summed E-state index contributed by atoms with van der Waals surface area (Å²) >= 11 is 0. The van der Waals surface area contributed by atoms with Gasteiger partial charge in [-0.1, -0.05) is 12.1 Å². The lowest BCUT2D eigenvalue weighted by atomic mass is 10.2. The topological polar surface area (TPSA) is 35.4 Å². The average Bonchev–Trinajstić information content (AvgIpc) is 2.97. The molecular weight excluding hydrogens is 264 g/mol. The molecule has 0 spiro atoms. The molecule has 2 rings (SSSR count). The molecule has 1 unspecified atom stereocenters. The Hall–Kier alpha value is -1.94. The van der Waals surface area contributed by atoms with Gasteiger partial charge in [0.05, 0.1) is 13.2 Å². The molecule has 114 valence electrons. The van der Waals surface area contributed by atoms with Crippen molar-refractivity contribution in [1.29, 1.82) is 0 Å². The van der Waals surface area contributed by atoms with Crippen LogP contribution in [0.4, 0.5) is 0 Å². The predicted molar refractivity (Wildman–Crippen MR) is 85.0 cm³/mol. The Bertz CT molecular complexity index is 551. The third-order valence-corrected chi connectivity index (χ3v) is 3.46. The number of rotatable bonds is 8. The van der Waals surface area contributed by atoms with E-state index in [1.807, 2.05) is 38.2 Å². The Morgan fingerprint density at radius 3 is 2.52 bits per heavy atom. The van der Waals surface area contributed by atoms with E-state index in [-0.39, 0.29) is 0 Å². The van der Waals surface area contributed by atoms with E-state index in [1.54, 1.807) is 0 Å². The summed E-state index contributed by atoms with van der Waals surface area (Å²) in [6.07, 6.45) is 4.24. The van der Waals surface area contributed by atoms with Crippen molar-refractivity contribution in [1.82, 2.24) is 9.88 Å². The fourth-order valence-electron chi connectivity index (χ4n) is 2.13. The van der Waals surface area contributed by atoms with Crippen molar-refractivity contribution >= 4 is 0 Å². The molecule has 1 aromatic carbocycles. The Morgan fingerprint density at radius 1 is 1.14 bits per heavy atom. The number of ether oxygens (including phenoxy) is 2. The minimum Gasteiger partial charge on any atom is -0.490 e. The van der Waals surface area contributed by atoms with Gasteiger partial charge in [-0.2, -0.15) is 0 Å². The Morgan fingerprint density at radius 2 is 1.86 bits per heavy atom. The van der Waals surface area contributed by atoms with Crippen molar-refractivity contribution in [3.63, 3.8) is 0 Å². The van der Waals surface area contributed by atoms with Gasteiger partial charge in [0.15, 0.2) is 11.5 Å². The highest BCUT2D eigenvalue weighted by Crippen LogP contribution is 2.26. The second-order valence-electron chi connectivity index (χ2n) is 4.92. The van der Waals surface area contributed by atoms with Gasteiger partial charge in [-0.25, -0.2) is 0 Å². The number of para-hydroxylation sites is 2. The summed E-state index contributed by atoms with van der Waals surface area (Å²) in [5.41, 5.74) is 1.28. The van der Waals surface area contributed by atoms with Crippen LogP contribution in [0.2, 0.25) is 0 Å². The molecule has 0 aliphatic heterocycles. The highest BCUT2D eigenvalue weighted by molar-refractivity contribution is 5.39. The lowest BCUT2D eigenvalue weighted by molar-refractivity contribution is 0.266. The quantitative estimate of drug-likeness (QED) is 0.810. The second-order valence-corrected chi connectivity index (χ2v) is 4.92. The van der Waals surface area contributed by atoms with Crippen LogP contribution in [0.5, 0.6) is 11.5 Å². The molecule has 1 N–H and O–H groups in total. The minimum atomic E-state index is 0.367. The van der Waals surface area contributed by atoms with E-state index >= 15 is 0 Å². The summed E-state index contributed by atoms with van der Waals surface area (Å²) < 4.78 is 13.5. The highest BCUT2D eigenvalue weighted by Gasteiger charge is 2.05. The number of hydrogen-bond donors (Lipinski definition) is 1. The average molecular weight is 288 g/mol. The van der Waals surface area contributed by atoms with E-state index in [9.17, 15) is 0 Å². The van der Waals surface area contributed by atoms with Crippen LogP contribution < -0.4 is 14.8 Å². The number of nitrogens with one attached hydrogen (secondary N) is 1. The van der Waals surface area contributed by atoms with Crippen LogP contribution in [0.3, 0.4) is 0 Å². The summed E-state index contributed by atoms with van der Waals surface area (Å²) in [7, 11) is 1.97. The van der Waals surface area contributed by atoms with Gasteiger partial charge in [-0.3, -0.25) is 0 Å². The normalized spacial score (nSPS) is 12.1. The summed E-state index contributed by atoms with van der Waals surface area (Å²) in [4.78, 5) is 0. The molecule has 4 nitrogen and oxygen atoms in total. The SMILES string of the molecule is CCOc1ccccc1OCCn1ccc(C(C)NC)c1. The molecule has 1 heterocycles. The molecule has 0 aliphatic rings. The standard InChI is InChI=1S/C17H24N2O2/c1-4-20-16-7-5-6-8-17(16)21-12-11-19-10-9-15(13-19)14(2)18-3/h5-10,13-14,18H,4,11-12H2,1-3H3. The van der Waals surface area contributed by atoms with Crippen LogP contribution in [0.25, 0.3) is 0 Å². The van der Waals surface area contributed by atoms with Crippen LogP contribution in [-0.4, -0.2) is 24.8 Å². The molecule has 0 bridgehead atoms. The molecule has 4 heteroatoms. The lowest BCUT2D eigenvalue weighted by Crippen LogP contribution is -2.12. The van der Waals surface area contributed by atoms with Crippen molar-refractivity contribution in [2.24, 2.45) is 0 Å². The first-order valence-corrected chi connectivity index (χ1v) is 7.42. The first-order valence-electron chi connectivity index (χ1n) is 7.42. The molecule has 1 aromatic heterocycles. The number of hydrogen-bond acceptors (Lipinski definition) is 3. The monoisotopic (exact) mass is 288 g/mol. The maximum Gasteiger partial charge on any atom is 0.161 e. The van der Waals surface area contributed by atoms with Gasteiger partial charge in [0.25, 0.3) is 0 Å². The molecule has 1 atom stereocenters. The fourth-order valence-corrected chi connectivity index (χ4v) is 2.13. The van der Waals surface area contributed by atoms with Gasteiger partial charge in [0.2, 0.25) is 0 Å². The van der Waals surface area contributed by atoms with Gasteiger partial charge in [-0.05, 0) is 44.7 Å². The number of aromatic nitrogens is 1. The van der Waals surface area contributed by atoms with Crippen LogP contribution in [0.1, 0.15) is 25.5 Å². The summed E-state index contributed by atoms with van der Waals surface area (Å²) in [5, 5.41) is 3.24. The molecule has 0 saturated carbocycles. The van der Waals surface area contributed by atoms with Gasteiger partial charge in [0, 0.05) is 18.4 Å². The van der Waals surface area contributed by atoms with Crippen molar-refractivity contribution in [3.05, 3.63) is 48.3 Å². The summed E-state index contributed by atoms with van der Waals surface area (Å²) in [6, 6.07) is 10.3. The molecule has 2 aromatic rings. The zero-order chi connectivity index (χ0) is 15.1. The van der Waals surface area contributed by atoms with E-state index in [1.165, 1.54) is 5.56 Å². The fraction of sp³-hybridized carbons (Fsp3) is 0.412. The molecule has 0 fully saturated rings. The van der Waals surface area contributed by atoms with Crippen molar-refractivity contribution < 1.29 is 9.47 Å². The van der Waals surface area contributed by atoms with Crippen LogP contribution in [0.15, 0.2) is 42.7 Å². The van der Waals surface area contributed by atoms with E-state index < -0.39 is 0 Å². The number of benzene rings is 1. The zero-order valence-corrected chi connectivity index (χ0v) is 13.0. The third-order valence-electron chi connectivity index (χ3n) is 3.46.